The Kier molecular flexibility index (Phi) is 4.55. The molecule has 0 aliphatic heterocycles. The molecular formula is C17H11Cl2FN2O2. The van der Waals surface area contributed by atoms with E-state index in [4.69, 9.17) is 28.3 Å². The number of halogens is 3. The van der Waals surface area contributed by atoms with Gasteiger partial charge in [0.05, 0.1) is 17.8 Å². The van der Waals surface area contributed by atoms with Crippen molar-refractivity contribution in [3.8, 4) is 0 Å². The fraction of sp³-hybridized carbons (Fsp3) is 0.0588. The number of rotatable bonds is 4. The molecule has 0 fully saturated rings. The van der Waals surface area contributed by atoms with Crippen LogP contribution in [0.4, 0.5) is 4.39 Å². The Morgan fingerprint density at radius 2 is 2.04 bits per heavy atom. The molecule has 1 N–H and O–H groups in total. The molecule has 1 aromatic heterocycles. The second-order valence-corrected chi connectivity index (χ2v) is 5.96. The van der Waals surface area contributed by atoms with Crippen LogP contribution in [0.5, 0.6) is 0 Å². The van der Waals surface area contributed by atoms with Crippen LogP contribution in [-0.2, 0) is 11.3 Å². The normalized spacial score (nSPS) is 11.5. The lowest BCUT2D eigenvalue weighted by Gasteiger charge is -2.06. The van der Waals surface area contributed by atoms with Crippen LogP contribution in [0.3, 0.4) is 0 Å². The summed E-state index contributed by atoms with van der Waals surface area (Å²) >= 11 is 12.1. The highest BCUT2D eigenvalue weighted by Crippen LogP contribution is 2.26. The van der Waals surface area contributed by atoms with E-state index in [-0.39, 0.29) is 0 Å². The smallest absolute Gasteiger partial charge is 0.328 e. The number of hydrogen-bond acceptors (Lipinski definition) is 2. The standard InChI is InChI=1S/C17H11Cl2FN2O2/c18-11-2-4-13-15(5-6-17(23)24)21-22(16(13)7-11)9-10-1-3-12(20)8-14(10)19/h1-8H,9H2,(H,23,24)/b6-5+. The van der Waals surface area contributed by atoms with E-state index < -0.39 is 11.8 Å². The SMILES string of the molecule is O=C(O)/C=C/c1nn(Cc2ccc(F)cc2Cl)c2cc(Cl)ccc12. The third-order valence-corrected chi connectivity index (χ3v) is 4.05. The molecule has 0 unspecified atom stereocenters. The number of benzene rings is 2. The monoisotopic (exact) mass is 364 g/mol. The van der Waals surface area contributed by atoms with Crippen molar-refractivity contribution in [1.29, 1.82) is 0 Å². The first-order chi connectivity index (χ1) is 11.4. The zero-order valence-electron chi connectivity index (χ0n) is 12.2. The van der Waals surface area contributed by atoms with Gasteiger partial charge in [-0.1, -0.05) is 29.3 Å². The average molecular weight is 365 g/mol. The van der Waals surface area contributed by atoms with Gasteiger partial charge in [0.15, 0.2) is 0 Å². The predicted octanol–water partition coefficient (Wildman–Crippen LogP) is 4.63. The van der Waals surface area contributed by atoms with Crippen molar-refractivity contribution in [3.63, 3.8) is 0 Å². The molecule has 4 nitrogen and oxygen atoms in total. The fourth-order valence-corrected chi connectivity index (χ4v) is 2.77. The molecule has 0 spiro atoms. The summed E-state index contributed by atoms with van der Waals surface area (Å²) in [5, 5.41) is 14.8. The summed E-state index contributed by atoms with van der Waals surface area (Å²) in [4.78, 5) is 10.7. The maximum atomic E-state index is 13.2. The van der Waals surface area contributed by atoms with Crippen LogP contribution in [-0.4, -0.2) is 20.9 Å². The van der Waals surface area contributed by atoms with Crippen molar-refractivity contribution in [1.82, 2.24) is 9.78 Å². The van der Waals surface area contributed by atoms with Gasteiger partial charge in [-0.2, -0.15) is 5.10 Å². The van der Waals surface area contributed by atoms with E-state index in [9.17, 15) is 9.18 Å². The van der Waals surface area contributed by atoms with Crippen molar-refractivity contribution in [3.05, 3.63) is 69.6 Å². The van der Waals surface area contributed by atoms with Gasteiger partial charge < -0.3 is 5.11 Å². The quantitative estimate of drug-likeness (QED) is 0.686. The van der Waals surface area contributed by atoms with Crippen LogP contribution in [0.2, 0.25) is 10.0 Å². The molecule has 7 heteroatoms. The minimum atomic E-state index is -1.06. The highest BCUT2D eigenvalue weighted by atomic mass is 35.5. The van der Waals surface area contributed by atoms with E-state index in [2.05, 4.69) is 5.10 Å². The lowest BCUT2D eigenvalue weighted by molar-refractivity contribution is -0.131. The number of aliphatic carboxylic acids is 1. The minimum Gasteiger partial charge on any atom is -0.478 e. The lowest BCUT2D eigenvalue weighted by atomic mass is 10.2. The molecule has 122 valence electrons. The number of carbonyl (C=O) groups is 1. The molecule has 3 aromatic rings. The molecule has 1 heterocycles. The average Bonchev–Trinajstić information content (AvgIpc) is 2.85. The first kappa shape index (κ1) is 16.5. The van der Waals surface area contributed by atoms with Crippen LogP contribution in [0.1, 0.15) is 11.3 Å². The van der Waals surface area contributed by atoms with Gasteiger partial charge in [-0.3, -0.25) is 4.68 Å². The summed E-state index contributed by atoms with van der Waals surface area (Å²) in [6.45, 7) is 0.302. The summed E-state index contributed by atoms with van der Waals surface area (Å²) in [5.74, 6) is -1.48. The third-order valence-electron chi connectivity index (χ3n) is 3.46. The van der Waals surface area contributed by atoms with Crippen LogP contribution in [0.15, 0.2) is 42.5 Å². The summed E-state index contributed by atoms with van der Waals surface area (Å²) in [6.07, 6.45) is 2.44. The summed E-state index contributed by atoms with van der Waals surface area (Å²) < 4.78 is 14.8. The Morgan fingerprint density at radius 3 is 2.75 bits per heavy atom. The highest BCUT2D eigenvalue weighted by molar-refractivity contribution is 6.31. The van der Waals surface area contributed by atoms with Crippen LogP contribution in [0, 0.1) is 5.82 Å². The number of hydrogen-bond donors (Lipinski definition) is 1. The van der Waals surface area contributed by atoms with E-state index in [1.807, 2.05) is 0 Å². The number of carboxylic acids is 1. The topological polar surface area (TPSA) is 55.1 Å². The largest absolute Gasteiger partial charge is 0.478 e. The summed E-state index contributed by atoms with van der Waals surface area (Å²) in [6, 6.07) is 9.36. The van der Waals surface area contributed by atoms with Crippen molar-refractivity contribution < 1.29 is 14.3 Å². The molecule has 0 aliphatic rings. The zero-order chi connectivity index (χ0) is 17.3. The second-order valence-electron chi connectivity index (χ2n) is 5.11. The number of nitrogens with zero attached hydrogens (tertiary/aromatic N) is 2. The van der Waals surface area contributed by atoms with Crippen molar-refractivity contribution >= 4 is 46.2 Å². The first-order valence-electron chi connectivity index (χ1n) is 6.95. The van der Waals surface area contributed by atoms with Gasteiger partial charge in [-0.15, -0.1) is 0 Å². The van der Waals surface area contributed by atoms with Crippen LogP contribution < -0.4 is 0 Å². The lowest BCUT2D eigenvalue weighted by Crippen LogP contribution is -2.02. The second kappa shape index (κ2) is 6.63. The van der Waals surface area contributed by atoms with Gasteiger partial charge in [0, 0.05) is 21.5 Å². The van der Waals surface area contributed by atoms with Crippen molar-refractivity contribution in [2.45, 2.75) is 6.54 Å². The zero-order valence-corrected chi connectivity index (χ0v) is 13.7. The van der Waals surface area contributed by atoms with Crippen molar-refractivity contribution in [2.75, 3.05) is 0 Å². The van der Waals surface area contributed by atoms with Gasteiger partial charge in [0.1, 0.15) is 5.82 Å². The molecule has 0 amide bonds. The van der Waals surface area contributed by atoms with Gasteiger partial charge >= 0.3 is 5.97 Å². The Balaban J connectivity index is 2.09. The Hall–Kier alpha value is -2.37. The Morgan fingerprint density at radius 1 is 1.25 bits per heavy atom. The Bertz CT molecular complexity index is 967. The van der Waals surface area contributed by atoms with Gasteiger partial charge in [-0.25, -0.2) is 9.18 Å². The molecule has 0 atom stereocenters. The first-order valence-corrected chi connectivity index (χ1v) is 7.70. The van der Waals surface area contributed by atoms with E-state index >= 15 is 0 Å². The van der Waals surface area contributed by atoms with E-state index in [1.54, 1.807) is 28.9 Å². The molecular weight excluding hydrogens is 354 g/mol. The van der Waals surface area contributed by atoms with Gasteiger partial charge in [0.2, 0.25) is 0 Å². The van der Waals surface area contributed by atoms with E-state index in [0.29, 0.717) is 27.8 Å². The van der Waals surface area contributed by atoms with Gasteiger partial charge in [-0.05, 0) is 42.0 Å². The molecule has 3 rings (SSSR count). The maximum Gasteiger partial charge on any atom is 0.328 e. The molecule has 0 saturated heterocycles. The number of fused-ring (bicyclic) bond motifs is 1. The van der Waals surface area contributed by atoms with Crippen LogP contribution in [0.25, 0.3) is 17.0 Å². The molecule has 2 aromatic carbocycles. The van der Waals surface area contributed by atoms with Crippen LogP contribution >= 0.6 is 23.2 Å². The molecule has 0 saturated carbocycles. The third kappa shape index (κ3) is 3.42. The fourth-order valence-electron chi connectivity index (χ4n) is 2.38. The maximum absolute atomic E-state index is 13.2. The Labute approximate surface area is 146 Å². The number of carboxylic acid groups (broad SMARTS) is 1. The van der Waals surface area contributed by atoms with Crippen molar-refractivity contribution in [2.24, 2.45) is 0 Å². The molecule has 24 heavy (non-hydrogen) atoms. The number of aromatic nitrogens is 2. The highest BCUT2D eigenvalue weighted by Gasteiger charge is 2.12. The summed E-state index contributed by atoms with van der Waals surface area (Å²) in [5.41, 5.74) is 1.92. The molecule has 0 aliphatic carbocycles. The predicted molar refractivity (Wildman–Crippen MR) is 91.9 cm³/mol. The minimum absolute atomic E-state index is 0.295. The van der Waals surface area contributed by atoms with E-state index in [1.165, 1.54) is 18.2 Å². The molecule has 0 bridgehead atoms. The van der Waals surface area contributed by atoms with E-state index in [0.717, 1.165) is 17.0 Å². The molecule has 0 radical (unpaired) electrons. The summed E-state index contributed by atoms with van der Waals surface area (Å²) in [7, 11) is 0. The van der Waals surface area contributed by atoms with Gasteiger partial charge in [0.25, 0.3) is 0 Å².